The van der Waals surface area contributed by atoms with Crippen molar-refractivity contribution < 1.29 is 4.79 Å². The topological polar surface area (TPSA) is 88.8 Å². The van der Waals surface area contributed by atoms with Crippen LogP contribution in [0.3, 0.4) is 0 Å². The van der Waals surface area contributed by atoms with E-state index in [-0.39, 0.29) is 5.91 Å². The van der Waals surface area contributed by atoms with E-state index in [4.69, 9.17) is 0 Å². The van der Waals surface area contributed by atoms with Crippen LogP contribution in [0, 0.1) is 0 Å². The largest absolute Gasteiger partial charge is 0.349 e. The van der Waals surface area contributed by atoms with Crippen LogP contribution in [0.4, 0.5) is 5.95 Å². The number of nitrogens with one attached hydrogen (secondary N) is 1. The Morgan fingerprint density at radius 1 is 1.19 bits per heavy atom. The second-order valence-electron chi connectivity index (χ2n) is 6.47. The van der Waals surface area contributed by atoms with Crippen molar-refractivity contribution >= 4 is 11.9 Å². The van der Waals surface area contributed by atoms with Gasteiger partial charge in [-0.25, -0.2) is 15.0 Å². The molecule has 0 spiro atoms. The smallest absolute Gasteiger partial charge is 0.287 e. The first kappa shape index (κ1) is 17.1. The Morgan fingerprint density at radius 2 is 1.96 bits per heavy atom. The molecule has 0 unspecified atom stereocenters. The number of carbonyl (C=O) groups excluding carboxylic acids is 1. The van der Waals surface area contributed by atoms with Crippen LogP contribution in [0.5, 0.6) is 0 Å². The molecule has 1 N–H and O–H groups in total. The van der Waals surface area contributed by atoms with Crippen LogP contribution in [-0.2, 0) is 26.4 Å². The third-order valence-corrected chi connectivity index (χ3v) is 4.74. The van der Waals surface area contributed by atoms with E-state index in [2.05, 4.69) is 30.2 Å². The van der Waals surface area contributed by atoms with Gasteiger partial charge in [0.25, 0.3) is 5.91 Å². The summed E-state index contributed by atoms with van der Waals surface area (Å²) in [5.74, 6) is 0.992. The van der Waals surface area contributed by atoms with Gasteiger partial charge < -0.3 is 14.8 Å². The SMILES string of the molecule is Cn1c(C(=O)NCCc2ccncc2)nc2c1CCN(c1ncccn1)C2. The fourth-order valence-corrected chi connectivity index (χ4v) is 3.31. The first-order chi connectivity index (χ1) is 13.2. The van der Waals surface area contributed by atoms with Crippen molar-refractivity contribution in [2.24, 2.45) is 7.05 Å². The molecule has 1 amide bonds. The van der Waals surface area contributed by atoms with Crippen LogP contribution >= 0.6 is 0 Å². The summed E-state index contributed by atoms with van der Waals surface area (Å²) in [5, 5.41) is 2.96. The van der Waals surface area contributed by atoms with E-state index in [1.165, 1.54) is 0 Å². The van der Waals surface area contributed by atoms with E-state index in [0.717, 1.165) is 36.3 Å². The van der Waals surface area contributed by atoms with Crippen molar-refractivity contribution in [3.63, 3.8) is 0 Å². The number of rotatable bonds is 5. The lowest BCUT2D eigenvalue weighted by Gasteiger charge is -2.26. The van der Waals surface area contributed by atoms with Gasteiger partial charge in [0, 0.05) is 57.0 Å². The summed E-state index contributed by atoms with van der Waals surface area (Å²) in [4.78, 5) is 31.9. The number of hydrogen-bond acceptors (Lipinski definition) is 6. The highest BCUT2D eigenvalue weighted by atomic mass is 16.2. The minimum atomic E-state index is -0.150. The predicted octanol–water partition coefficient (Wildman–Crippen LogP) is 1.14. The van der Waals surface area contributed by atoms with Crippen molar-refractivity contribution in [1.29, 1.82) is 0 Å². The minimum absolute atomic E-state index is 0.150. The molecule has 27 heavy (non-hydrogen) atoms. The fraction of sp³-hybridized carbons (Fsp3) is 0.316. The second kappa shape index (κ2) is 7.53. The molecule has 0 aliphatic carbocycles. The highest BCUT2D eigenvalue weighted by Gasteiger charge is 2.26. The molecule has 8 heteroatoms. The number of pyridine rings is 1. The molecule has 4 heterocycles. The summed E-state index contributed by atoms with van der Waals surface area (Å²) in [5.41, 5.74) is 3.15. The number of imidazole rings is 1. The van der Waals surface area contributed by atoms with Crippen LogP contribution in [0.1, 0.15) is 27.6 Å². The van der Waals surface area contributed by atoms with Crippen LogP contribution in [0.2, 0.25) is 0 Å². The maximum Gasteiger partial charge on any atom is 0.287 e. The third kappa shape index (κ3) is 3.64. The van der Waals surface area contributed by atoms with Crippen molar-refractivity contribution in [3.8, 4) is 0 Å². The number of anilines is 1. The molecule has 0 saturated carbocycles. The van der Waals surface area contributed by atoms with Gasteiger partial charge in [0.1, 0.15) is 0 Å². The monoisotopic (exact) mass is 363 g/mol. The maximum absolute atomic E-state index is 12.6. The number of carbonyl (C=O) groups is 1. The Bertz CT molecular complexity index is 924. The Morgan fingerprint density at radius 3 is 2.74 bits per heavy atom. The molecule has 0 saturated heterocycles. The molecule has 3 aromatic rings. The van der Waals surface area contributed by atoms with Crippen molar-refractivity contribution in [3.05, 3.63) is 65.8 Å². The molecule has 0 radical (unpaired) electrons. The second-order valence-corrected chi connectivity index (χ2v) is 6.47. The average Bonchev–Trinajstić information content (AvgIpc) is 3.05. The molecule has 3 aromatic heterocycles. The number of aromatic nitrogens is 5. The summed E-state index contributed by atoms with van der Waals surface area (Å²) in [6.07, 6.45) is 8.55. The van der Waals surface area contributed by atoms with Gasteiger partial charge in [-0.1, -0.05) is 0 Å². The molecule has 8 nitrogen and oxygen atoms in total. The standard InChI is InChI=1S/C19H21N7O/c1-25-16-6-12-26(19-22-7-2-8-23-19)13-15(16)24-17(25)18(27)21-11-5-14-3-9-20-10-4-14/h2-4,7-10H,5-6,11-13H2,1H3,(H,21,27). The number of amides is 1. The Balaban J connectivity index is 1.43. The number of fused-ring (bicyclic) bond motifs is 1. The Labute approximate surface area is 157 Å². The molecule has 1 aliphatic heterocycles. The van der Waals surface area contributed by atoms with E-state index in [9.17, 15) is 4.79 Å². The van der Waals surface area contributed by atoms with Crippen LogP contribution < -0.4 is 10.2 Å². The first-order valence-electron chi connectivity index (χ1n) is 8.96. The lowest BCUT2D eigenvalue weighted by atomic mass is 10.1. The van der Waals surface area contributed by atoms with E-state index < -0.39 is 0 Å². The van der Waals surface area contributed by atoms with Crippen LogP contribution in [0.25, 0.3) is 0 Å². The molecule has 0 atom stereocenters. The van der Waals surface area contributed by atoms with E-state index in [1.54, 1.807) is 30.9 Å². The minimum Gasteiger partial charge on any atom is -0.349 e. The van der Waals surface area contributed by atoms with Gasteiger partial charge in [0.05, 0.1) is 12.2 Å². The third-order valence-electron chi connectivity index (χ3n) is 4.74. The number of nitrogens with zero attached hydrogens (tertiary/aromatic N) is 6. The van der Waals surface area contributed by atoms with Gasteiger partial charge >= 0.3 is 0 Å². The lowest BCUT2D eigenvalue weighted by molar-refractivity contribution is 0.0940. The molecule has 1 aliphatic rings. The molecule has 0 aromatic carbocycles. The number of hydrogen-bond donors (Lipinski definition) is 1. The molecule has 0 fully saturated rings. The summed E-state index contributed by atoms with van der Waals surface area (Å²) < 4.78 is 1.90. The van der Waals surface area contributed by atoms with Gasteiger partial charge in [0.15, 0.2) is 5.82 Å². The zero-order chi connectivity index (χ0) is 18.6. The summed E-state index contributed by atoms with van der Waals surface area (Å²) >= 11 is 0. The van der Waals surface area contributed by atoms with Crippen molar-refractivity contribution in [2.45, 2.75) is 19.4 Å². The maximum atomic E-state index is 12.6. The molecular weight excluding hydrogens is 342 g/mol. The summed E-state index contributed by atoms with van der Waals surface area (Å²) in [6, 6.07) is 5.70. The normalized spacial score (nSPS) is 13.3. The molecule has 0 bridgehead atoms. The van der Waals surface area contributed by atoms with Gasteiger partial charge in [-0.15, -0.1) is 0 Å². The van der Waals surface area contributed by atoms with E-state index in [1.807, 2.05) is 23.7 Å². The summed E-state index contributed by atoms with van der Waals surface area (Å²) in [7, 11) is 1.90. The predicted molar refractivity (Wildman–Crippen MR) is 100 cm³/mol. The van der Waals surface area contributed by atoms with Gasteiger partial charge in [0.2, 0.25) is 5.95 Å². The zero-order valence-corrected chi connectivity index (χ0v) is 15.2. The van der Waals surface area contributed by atoms with Crippen LogP contribution in [0.15, 0.2) is 43.0 Å². The zero-order valence-electron chi connectivity index (χ0n) is 15.2. The van der Waals surface area contributed by atoms with Crippen molar-refractivity contribution in [2.75, 3.05) is 18.0 Å². The lowest BCUT2D eigenvalue weighted by Crippen LogP contribution is -2.32. The average molecular weight is 363 g/mol. The summed E-state index contributed by atoms with van der Waals surface area (Å²) in [6.45, 7) is 1.97. The Kier molecular flexibility index (Phi) is 4.78. The molecule has 4 rings (SSSR count). The highest BCUT2D eigenvalue weighted by molar-refractivity contribution is 5.91. The van der Waals surface area contributed by atoms with Crippen LogP contribution in [-0.4, -0.2) is 43.5 Å². The van der Waals surface area contributed by atoms with Gasteiger partial charge in [-0.05, 0) is 30.2 Å². The highest BCUT2D eigenvalue weighted by Crippen LogP contribution is 2.22. The molecule has 138 valence electrons. The van der Waals surface area contributed by atoms with Gasteiger partial charge in [-0.3, -0.25) is 9.78 Å². The van der Waals surface area contributed by atoms with E-state index >= 15 is 0 Å². The fourth-order valence-electron chi connectivity index (χ4n) is 3.31. The van der Waals surface area contributed by atoms with E-state index in [0.29, 0.717) is 24.9 Å². The van der Waals surface area contributed by atoms with Crippen molar-refractivity contribution in [1.82, 2.24) is 29.8 Å². The molecular formula is C19H21N7O. The first-order valence-corrected chi connectivity index (χ1v) is 8.96. The quantitative estimate of drug-likeness (QED) is 0.731. The van der Waals surface area contributed by atoms with Gasteiger partial charge in [-0.2, -0.15) is 0 Å². The Hall–Kier alpha value is -3.29.